The molecule has 12 heavy (non-hydrogen) atoms. The van der Waals surface area contributed by atoms with Crippen molar-refractivity contribution in [1.82, 2.24) is 0 Å². The zero-order chi connectivity index (χ0) is 9.14. The number of hydrazine groups is 1. The first-order valence-corrected chi connectivity index (χ1v) is 3.71. The van der Waals surface area contributed by atoms with Gasteiger partial charge < -0.3 is 5.01 Å². The average molecular weight is 163 g/mol. The molecule has 0 radical (unpaired) electrons. The molecule has 0 heterocycles. The van der Waals surface area contributed by atoms with Gasteiger partial charge in [0, 0.05) is 7.05 Å². The Labute approximate surface area is 72.5 Å². The highest BCUT2D eigenvalue weighted by Gasteiger charge is 2.01. The highest BCUT2D eigenvalue weighted by atomic mass is 15.4. The van der Waals surface area contributed by atoms with Gasteiger partial charge in [-0.1, -0.05) is 6.07 Å². The first-order chi connectivity index (χ1) is 5.65. The molecule has 0 spiro atoms. The van der Waals surface area contributed by atoms with Crippen molar-refractivity contribution in [3.63, 3.8) is 0 Å². The maximum atomic E-state index is 5.59. The van der Waals surface area contributed by atoms with Gasteiger partial charge in [0.15, 0.2) is 0 Å². The Balaban J connectivity index is 3.20. The SMILES string of the molecule is C=Nc1cc(C)ccc1N(C)N. The average Bonchev–Trinajstić information content (AvgIpc) is 2.03. The first kappa shape index (κ1) is 8.74. The first-order valence-electron chi connectivity index (χ1n) is 3.71. The summed E-state index contributed by atoms with van der Waals surface area (Å²) in [4.78, 5) is 3.88. The molecule has 0 unspecified atom stereocenters. The highest BCUT2D eigenvalue weighted by Crippen LogP contribution is 2.26. The number of hydrogen-bond acceptors (Lipinski definition) is 3. The van der Waals surface area contributed by atoms with Crippen LogP contribution in [0, 0.1) is 6.92 Å². The predicted octanol–water partition coefficient (Wildman–Crippen LogP) is 1.64. The fourth-order valence-corrected chi connectivity index (χ4v) is 1.06. The second kappa shape index (κ2) is 3.36. The van der Waals surface area contributed by atoms with Crippen molar-refractivity contribution < 1.29 is 0 Å². The van der Waals surface area contributed by atoms with Crippen LogP contribution in [0.25, 0.3) is 0 Å². The molecule has 0 aliphatic rings. The molecule has 64 valence electrons. The van der Waals surface area contributed by atoms with Crippen molar-refractivity contribution in [2.24, 2.45) is 10.8 Å². The second-order valence-electron chi connectivity index (χ2n) is 2.76. The molecule has 0 saturated heterocycles. The number of rotatable bonds is 2. The van der Waals surface area contributed by atoms with Gasteiger partial charge in [0.1, 0.15) is 0 Å². The monoisotopic (exact) mass is 163 g/mol. The van der Waals surface area contributed by atoms with Crippen LogP contribution >= 0.6 is 0 Å². The summed E-state index contributed by atoms with van der Waals surface area (Å²) >= 11 is 0. The van der Waals surface area contributed by atoms with E-state index in [0.717, 1.165) is 16.9 Å². The molecule has 0 aromatic heterocycles. The van der Waals surface area contributed by atoms with Gasteiger partial charge in [0.25, 0.3) is 0 Å². The maximum Gasteiger partial charge on any atom is 0.0871 e. The van der Waals surface area contributed by atoms with Crippen LogP contribution in [-0.4, -0.2) is 13.8 Å². The van der Waals surface area contributed by atoms with E-state index in [1.807, 2.05) is 25.1 Å². The Hall–Kier alpha value is -1.35. The van der Waals surface area contributed by atoms with Crippen LogP contribution < -0.4 is 10.9 Å². The van der Waals surface area contributed by atoms with E-state index in [0.29, 0.717) is 0 Å². The van der Waals surface area contributed by atoms with Gasteiger partial charge in [0.05, 0.1) is 11.4 Å². The summed E-state index contributed by atoms with van der Waals surface area (Å²) in [5.74, 6) is 5.59. The predicted molar refractivity (Wildman–Crippen MR) is 53.0 cm³/mol. The largest absolute Gasteiger partial charge is 0.312 e. The number of aryl methyl sites for hydroxylation is 1. The third-order valence-corrected chi connectivity index (χ3v) is 1.68. The fraction of sp³-hybridized carbons (Fsp3) is 0.222. The lowest BCUT2D eigenvalue weighted by Crippen LogP contribution is -2.24. The molecule has 1 rings (SSSR count). The summed E-state index contributed by atoms with van der Waals surface area (Å²) in [6.07, 6.45) is 0. The summed E-state index contributed by atoms with van der Waals surface area (Å²) in [6, 6.07) is 5.87. The zero-order valence-electron chi connectivity index (χ0n) is 7.41. The quantitative estimate of drug-likeness (QED) is 0.409. The zero-order valence-corrected chi connectivity index (χ0v) is 7.41. The van der Waals surface area contributed by atoms with Crippen molar-refractivity contribution in [1.29, 1.82) is 0 Å². The Kier molecular flexibility index (Phi) is 2.45. The molecule has 1 aromatic carbocycles. The van der Waals surface area contributed by atoms with E-state index in [-0.39, 0.29) is 0 Å². The van der Waals surface area contributed by atoms with E-state index >= 15 is 0 Å². The van der Waals surface area contributed by atoms with Gasteiger partial charge >= 0.3 is 0 Å². The number of anilines is 1. The van der Waals surface area contributed by atoms with Crippen molar-refractivity contribution >= 4 is 18.1 Å². The molecule has 0 aliphatic carbocycles. The molecule has 0 aliphatic heterocycles. The minimum atomic E-state index is 0.819. The van der Waals surface area contributed by atoms with Crippen molar-refractivity contribution in [3.05, 3.63) is 23.8 Å². The Bertz CT molecular complexity index is 292. The van der Waals surface area contributed by atoms with Crippen LogP contribution in [0.5, 0.6) is 0 Å². The highest BCUT2D eigenvalue weighted by molar-refractivity contribution is 5.68. The van der Waals surface area contributed by atoms with E-state index in [4.69, 9.17) is 5.84 Å². The third kappa shape index (κ3) is 1.62. The topological polar surface area (TPSA) is 41.6 Å². The molecule has 0 amide bonds. The van der Waals surface area contributed by atoms with E-state index < -0.39 is 0 Å². The van der Waals surface area contributed by atoms with Crippen molar-refractivity contribution in [3.8, 4) is 0 Å². The van der Waals surface area contributed by atoms with Gasteiger partial charge in [-0.3, -0.25) is 4.99 Å². The molecule has 0 bridgehead atoms. The molecule has 2 N–H and O–H groups in total. The third-order valence-electron chi connectivity index (χ3n) is 1.68. The van der Waals surface area contributed by atoms with Crippen molar-refractivity contribution in [2.45, 2.75) is 6.92 Å². The van der Waals surface area contributed by atoms with Crippen LogP contribution in [0.4, 0.5) is 11.4 Å². The molecule has 0 atom stereocenters. The summed E-state index contributed by atoms with van der Waals surface area (Å²) in [6.45, 7) is 5.49. The Morgan fingerprint density at radius 3 is 2.67 bits per heavy atom. The Morgan fingerprint density at radius 2 is 2.17 bits per heavy atom. The van der Waals surface area contributed by atoms with Crippen LogP contribution in [0.2, 0.25) is 0 Å². The minimum Gasteiger partial charge on any atom is -0.312 e. The van der Waals surface area contributed by atoms with Gasteiger partial charge in [-0.25, -0.2) is 5.84 Å². The van der Waals surface area contributed by atoms with E-state index in [2.05, 4.69) is 11.7 Å². The lowest BCUT2D eigenvalue weighted by molar-refractivity contribution is 1.02. The van der Waals surface area contributed by atoms with Gasteiger partial charge in [-0.05, 0) is 31.3 Å². The van der Waals surface area contributed by atoms with Crippen LogP contribution in [0.1, 0.15) is 5.56 Å². The van der Waals surface area contributed by atoms with E-state index in [1.54, 1.807) is 7.05 Å². The molecule has 3 nitrogen and oxygen atoms in total. The maximum absolute atomic E-state index is 5.59. The van der Waals surface area contributed by atoms with Gasteiger partial charge in [-0.2, -0.15) is 0 Å². The van der Waals surface area contributed by atoms with Gasteiger partial charge in [-0.15, -0.1) is 0 Å². The van der Waals surface area contributed by atoms with Crippen LogP contribution in [-0.2, 0) is 0 Å². The summed E-state index contributed by atoms with van der Waals surface area (Å²) in [5, 5.41) is 1.53. The molecule has 3 heteroatoms. The van der Waals surface area contributed by atoms with E-state index in [1.165, 1.54) is 5.01 Å². The summed E-state index contributed by atoms with van der Waals surface area (Å²) in [5.41, 5.74) is 2.86. The number of nitrogens with zero attached hydrogens (tertiary/aromatic N) is 2. The molecular weight excluding hydrogens is 150 g/mol. The summed E-state index contributed by atoms with van der Waals surface area (Å²) < 4.78 is 0. The van der Waals surface area contributed by atoms with Crippen molar-refractivity contribution in [2.75, 3.05) is 12.1 Å². The van der Waals surface area contributed by atoms with Gasteiger partial charge in [0.2, 0.25) is 0 Å². The molecule has 0 saturated carbocycles. The normalized spacial score (nSPS) is 9.58. The summed E-state index contributed by atoms with van der Waals surface area (Å²) in [7, 11) is 1.78. The van der Waals surface area contributed by atoms with E-state index in [9.17, 15) is 0 Å². The fourth-order valence-electron chi connectivity index (χ4n) is 1.06. The molecule has 1 aromatic rings. The van der Waals surface area contributed by atoms with Crippen LogP contribution in [0.3, 0.4) is 0 Å². The standard InChI is InChI=1S/C9H13N3/c1-7-4-5-9(12(3)10)8(6-7)11-2/h4-6H,2,10H2,1,3H3. The number of nitrogens with two attached hydrogens (primary N) is 1. The number of hydrogen-bond donors (Lipinski definition) is 1. The van der Waals surface area contributed by atoms with Crippen LogP contribution in [0.15, 0.2) is 23.2 Å². The lowest BCUT2D eigenvalue weighted by Gasteiger charge is -2.14. The second-order valence-corrected chi connectivity index (χ2v) is 2.76. The smallest absolute Gasteiger partial charge is 0.0871 e. The Morgan fingerprint density at radius 1 is 1.50 bits per heavy atom. The number of aliphatic imine (C=N–C) groups is 1. The minimum absolute atomic E-state index is 0.819. The number of benzene rings is 1. The molecule has 0 fully saturated rings. The molecular formula is C9H13N3. The lowest BCUT2D eigenvalue weighted by atomic mass is 10.2.